The van der Waals surface area contributed by atoms with E-state index in [0.717, 1.165) is 30.1 Å². The minimum atomic E-state index is -0.921. The summed E-state index contributed by atoms with van der Waals surface area (Å²) in [4.78, 5) is 64.2. The molecule has 2 aliphatic rings. The maximum atomic E-state index is 13.2. The molecule has 1 saturated carbocycles. The number of thiazole rings is 1. The van der Waals surface area contributed by atoms with Crippen molar-refractivity contribution in [3.05, 3.63) is 38.9 Å². The molecule has 0 aromatic carbocycles. The fraction of sp³-hybridized carbons (Fsp3) is 0.500. The van der Waals surface area contributed by atoms with Gasteiger partial charge >= 0.3 is 11.8 Å². The fourth-order valence-corrected chi connectivity index (χ4v) is 5.81. The molecule has 4 amide bonds. The van der Waals surface area contributed by atoms with Gasteiger partial charge in [-0.25, -0.2) is 9.97 Å². The largest absolute Gasteiger partial charge is 0.349 e. The third-order valence-electron chi connectivity index (χ3n) is 6.63. The first kappa shape index (κ1) is 27.7. The van der Waals surface area contributed by atoms with Crippen molar-refractivity contribution in [2.24, 2.45) is 5.92 Å². The van der Waals surface area contributed by atoms with Gasteiger partial charge in [0.2, 0.25) is 5.91 Å². The number of carbonyl (C=O) groups is 4. The third kappa shape index (κ3) is 6.77. The maximum absolute atomic E-state index is 13.2. The fourth-order valence-electron chi connectivity index (χ4n) is 4.60. The summed E-state index contributed by atoms with van der Waals surface area (Å²) in [6.07, 6.45) is 3.44. The summed E-state index contributed by atoms with van der Waals surface area (Å²) >= 11 is 7.16. The summed E-state index contributed by atoms with van der Waals surface area (Å²) in [6.45, 7) is 1.63. The van der Waals surface area contributed by atoms with Gasteiger partial charge in [-0.15, -0.1) is 11.3 Å². The lowest BCUT2D eigenvalue weighted by Gasteiger charge is -2.37. The molecule has 1 aliphatic heterocycles. The van der Waals surface area contributed by atoms with Gasteiger partial charge in [0.1, 0.15) is 5.82 Å². The topological polar surface area (TPSA) is 149 Å². The average molecular weight is 563 g/mol. The molecule has 1 aliphatic carbocycles. The van der Waals surface area contributed by atoms with Gasteiger partial charge in [-0.3, -0.25) is 30.0 Å². The lowest BCUT2D eigenvalue weighted by molar-refractivity contribution is -0.140. The maximum Gasteiger partial charge on any atom is 0.327 e. The van der Waals surface area contributed by atoms with Crippen LogP contribution >= 0.6 is 22.9 Å². The second-order valence-electron chi connectivity index (χ2n) is 9.72. The minimum Gasteiger partial charge on any atom is -0.349 e. The van der Waals surface area contributed by atoms with Crippen LogP contribution in [0.5, 0.6) is 0 Å². The van der Waals surface area contributed by atoms with Gasteiger partial charge in [0.25, 0.3) is 5.91 Å². The number of nitrogens with one attached hydrogen (secondary N) is 4. The Bertz CT molecular complexity index is 1200. The van der Waals surface area contributed by atoms with Crippen molar-refractivity contribution in [3.8, 4) is 0 Å². The van der Waals surface area contributed by atoms with E-state index < -0.39 is 23.9 Å². The zero-order valence-electron chi connectivity index (χ0n) is 21.4. The first-order valence-corrected chi connectivity index (χ1v) is 13.5. The predicted octanol–water partition coefficient (Wildman–Crippen LogP) is 0.794. The zero-order valence-corrected chi connectivity index (χ0v) is 23.0. The molecule has 0 saturated heterocycles. The molecule has 14 heteroatoms. The molecule has 4 rings (SSSR count). The number of anilines is 1. The zero-order chi connectivity index (χ0) is 27.4. The number of fused-ring (bicyclic) bond motifs is 1. The SMILES string of the molecule is CN1CCc2nc(C(=O)N[C@@H]3C[C@@H](C(=O)N(C)C)CC[C@H]3NC(=O)C(=O)NNc3ccc(Cl)cn3)sc2C1. The van der Waals surface area contributed by atoms with Gasteiger partial charge in [0, 0.05) is 56.6 Å². The Balaban J connectivity index is 1.42. The monoisotopic (exact) mass is 562 g/mol. The van der Waals surface area contributed by atoms with Gasteiger partial charge < -0.3 is 20.4 Å². The average Bonchev–Trinajstić information content (AvgIpc) is 3.32. The van der Waals surface area contributed by atoms with Gasteiger partial charge in [-0.05, 0) is 38.4 Å². The summed E-state index contributed by atoms with van der Waals surface area (Å²) < 4.78 is 0. The highest BCUT2D eigenvalue weighted by molar-refractivity contribution is 7.13. The summed E-state index contributed by atoms with van der Waals surface area (Å²) in [5, 5.41) is 6.48. The Morgan fingerprint density at radius 1 is 1.11 bits per heavy atom. The molecule has 4 N–H and O–H groups in total. The Morgan fingerprint density at radius 3 is 2.61 bits per heavy atom. The first-order chi connectivity index (χ1) is 18.1. The van der Waals surface area contributed by atoms with E-state index in [1.54, 1.807) is 26.2 Å². The smallest absolute Gasteiger partial charge is 0.327 e. The summed E-state index contributed by atoms with van der Waals surface area (Å²) in [5.41, 5.74) is 5.79. The van der Waals surface area contributed by atoms with Crippen molar-refractivity contribution < 1.29 is 19.2 Å². The first-order valence-electron chi connectivity index (χ1n) is 12.3. The molecule has 0 bridgehead atoms. The highest BCUT2D eigenvalue weighted by Crippen LogP contribution is 2.28. The number of hydrogen-bond acceptors (Lipinski definition) is 9. The van der Waals surface area contributed by atoms with Crippen LogP contribution in [0.4, 0.5) is 5.82 Å². The van der Waals surface area contributed by atoms with Crippen molar-refractivity contribution in [1.29, 1.82) is 0 Å². The number of aromatic nitrogens is 2. The number of nitrogens with zero attached hydrogens (tertiary/aromatic N) is 4. The van der Waals surface area contributed by atoms with Crippen molar-refractivity contribution >= 4 is 52.4 Å². The molecule has 3 atom stereocenters. The van der Waals surface area contributed by atoms with Crippen LogP contribution in [-0.4, -0.2) is 83.2 Å². The number of pyridine rings is 1. The van der Waals surface area contributed by atoms with Crippen LogP contribution in [0.3, 0.4) is 0 Å². The third-order valence-corrected chi connectivity index (χ3v) is 7.93. The van der Waals surface area contributed by atoms with Crippen LogP contribution in [0.1, 0.15) is 39.6 Å². The highest BCUT2D eigenvalue weighted by atomic mass is 35.5. The number of amides is 4. The summed E-state index contributed by atoms with van der Waals surface area (Å²) in [7, 11) is 5.40. The number of carbonyl (C=O) groups excluding carboxylic acids is 4. The standard InChI is InChI=1S/C24H31ClN8O4S/c1-32(2)24(37)13-4-6-15(27-20(34)21(35)31-30-19-7-5-14(25)11-26-19)17(10-13)28-22(36)23-29-16-8-9-33(3)12-18(16)38-23/h5,7,11,13,15,17H,4,6,8-10,12H2,1-3H3,(H,26,30)(H,27,34)(H,28,36)(H,31,35)/t13-,15+,17+/m0/s1. The number of rotatable bonds is 6. The molecular formula is C24H31ClN8O4S. The second kappa shape index (κ2) is 12.0. The number of hydrazine groups is 1. The molecule has 0 spiro atoms. The Labute approximate surface area is 229 Å². The van der Waals surface area contributed by atoms with Crippen LogP contribution in [-0.2, 0) is 27.3 Å². The van der Waals surface area contributed by atoms with Gasteiger partial charge in [-0.2, -0.15) is 0 Å². The van der Waals surface area contributed by atoms with E-state index in [1.807, 2.05) is 7.05 Å². The van der Waals surface area contributed by atoms with Gasteiger partial charge in [-0.1, -0.05) is 11.6 Å². The molecule has 2 aromatic heterocycles. The molecule has 38 heavy (non-hydrogen) atoms. The van der Waals surface area contributed by atoms with Crippen LogP contribution in [0.2, 0.25) is 5.02 Å². The number of likely N-dealkylation sites (N-methyl/N-ethyl adjacent to an activating group) is 1. The molecule has 0 radical (unpaired) electrons. The lowest BCUT2D eigenvalue weighted by Crippen LogP contribution is -2.58. The molecule has 12 nitrogen and oxygen atoms in total. The van der Waals surface area contributed by atoms with Crippen LogP contribution in [0.25, 0.3) is 0 Å². The van der Waals surface area contributed by atoms with Crippen molar-refractivity contribution in [2.45, 2.75) is 44.3 Å². The van der Waals surface area contributed by atoms with E-state index in [-0.39, 0.29) is 17.7 Å². The Morgan fingerprint density at radius 2 is 1.89 bits per heavy atom. The predicted molar refractivity (Wildman–Crippen MR) is 142 cm³/mol. The lowest BCUT2D eigenvalue weighted by atomic mass is 9.81. The van der Waals surface area contributed by atoms with Gasteiger partial charge in [0.05, 0.1) is 16.8 Å². The van der Waals surface area contributed by atoms with E-state index in [1.165, 1.54) is 22.4 Å². The van der Waals surface area contributed by atoms with E-state index in [0.29, 0.717) is 35.1 Å². The van der Waals surface area contributed by atoms with E-state index >= 15 is 0 Å². The van der Waals surface area contributed by atoms with Crippen molar-refractivity contribution in [3.63, 3.8) is 0 Å². The summed E-state index contributed by atoms with van der Waals surface area (Å²) in [6, 6.07) is 2.03. The normalized spacial score (nSPS) is 21.1. The van der Waals surface area contributed by atoms with Crippen molar-refractivity contribution in [1.82, 2.24) is 35.8 Å². The van der Waals surface area contributed by atoms with E-state index in [9.17, 15) is 19.2 Å². The second-order valence-corrected chi connectivity index (χ2v) is 11.2. The molecule has 0 unspecified atom stereocenters. The molecule has 204 valence electrons. The highest BCUT2D eigenvalue weighted by Gasteiger charge is 2.37. The summed E-state index contributed by atoms with van der Waals surface area (Å²) in [5.74, 6) is -2.20. The van der Waals surface area contributed by atoms with Crippen LogP contribution in [0, 0.1) is 5.92 Å². The Hall–Kier alpha value is -3.29. The Kier molecular flexibility index (Phi) is 8.80. The van der Waals surface area contributed by atoms with Crippen LogP contribution < -0.4 is 21.5 Å². The minimum absolute atomic E-state index is 0.0424. The molecular weight excluding hydrogens is 532 g/mol. The number of halogens is 1. The molecule has 1 fully saturated rings. The van der Waals surface area contributed by atoms with E-state index in [4.69, 9.17) is 11.6 Å². The molecule has 3 heterocycles. The van der Waals surface area contributed by atoms with Crippen molar-refractivity contribution in [2.75, 3.05) is 33.1 Å². The van der Waals surface area contributed by atoms with Crippen LogP contribution in [0.15, 0.2) is 18.3 Å². The van der Waals surface area contributed by atoms with Gasteiger partial charge in [0.15, 0.2) is 5.01 Å². The number of hydrogen-bond donors (Lipinski definition) is 4. The van der Waals surface area contributed by atoms with E-state index in [2.05, 4.69) is 36.4 Å². The molecule has 2 aromatic rings. The quantitative estimate of drug-likeness (QED) is 0.298.